The third-order valence-corrected chi connectivity index (χ3v) is 2.33. The number of ether oxygens (including phenoxy) is 1. The van der Waals surface area contributed by atoms with Crippen molar-refractivity contribution in [3.8, 4) is 0 Å². The van der Waals surface area contributed by atoms with Crippen LogP contribution in [0.1, 0.15) is 32.6 Å². The molecule has 2 N–H and O–H groups in total. The first-order valence-electron chi connectivity index (χ1n) is 5.92. The molecular formula is C11H17N3O4. The van der Waals surface area contributed by atoms with Crippen molar-refractivity contribution in [2.45, 2.75) is 32.6 Å². The van der Waals surface area contributed by atoms with Crippen LogP contribution in [-0.2, 0) is 19.1 Å². The summed E-state index contributed by atoms with van der Waals surface area (Å²) >= 11 is 0. The van der Waals surface area contributed by atoms with E-state index in [0.29, 0.717) is 6.54 Å². The Labute approximate surface area is 105 Å². The molecule has 1 rings (SSSR count). The van der Waals surface area contributed by atoms with E-state index in [9.17, 15) is 14.4 Å². The molecule has 7 heteroatoms. The maximum absolute atomic E-state index is 11.5. The van der Waals surface area contributed by atoms with Gasteiger partial charge in [0.1, 0.15) is 5.71 Å². The molecule has 0 bridgehead atoms. The molecule has 0 atom stereocenters. The van der Waals surface area contributed by atoms with E-state index >= 15 is 0 Å². The maximum atomic E-state index is 11.5. The Hall–Kier alpha value is -1.92. The second kappa shape index (κ2) is 7.41. The van der Waals surface area contributed by atoms with E-state index in [1.54, 1.807) is 0 Å². The van der Waals surface area contributed by atoms with Gasteiger partial charge in [0.05, 0.1) is 0 Å². The van der Waals surface area contributed by atoms with Gasteiger partial charge in [-0.05, 0) is 6.42 Å². The topological polar surface area (TPSA) is 96.9 Å². The lowest BCUT2D eigenvalue weighted by molar-refractivity contribution is -0.142. The second-order valence-corrected chi connectivity index (χ2v) is 3.87. The fraction of sp³-hybridized carbons (Fsp3) is 0.636. The van der Waals surface area contributed by atoms with E-state index < -0.39 is 5.97 Å². The van der Waals surface area contributed by atoms with Gasteiger partial charge in [-0.2, -0.15) is 5.10 Å². The van der Waals surface area contributed by atoms with Crippen LogP contribution in [0.5, 0.6) is 0 Å². The summed E-state index contributed by atoms with van der Waals surface area (Å²) in [7, 11) is 0. The number of esters is 1. The molecule has 0 aromatic heterocycles. The first-order valence-corrected chi connectivity index (χ1v) is 5.92. The van der Waals surface area contributed by atoms with Crippen LogP contribution in [0.2, 0.25) is 0 Å². The standard InChI is InChI=1S/C11H17N3O4/c1-2-3-6-12-10(16)7-18-11(17)8-4-5-9(15)14-13-8/h2-7H2,1H3,(H,12,16)(H,14,15). The predicted molar refractivity (Wildman–Crippen MR) is 63.7 cm³/mol. The lowest BCUT2D eigenvalue weighted by atomic mass is 10.2. The first kappa shape index (κ1) is 14.1. The zero-order valence-electron chi connectivity index (χ0n) is 10.3. The molecule has 0 spiro atoms. The summed E-state index contributed by atoms with van der Waals surface area (Å²) in [5.41, 5.74) is 2.33. The van der Waals surface area contributed by atoms with Gasteiger partial charge < -0.3 is 10.1 Å². The van der Waals surface area contributed by atoms with Crippen molar-refractivity contribution < 1.29 is 19.1 Å². The summed E-state index contributed by atoms with van der Waals surface area (Å²) < 4.78 is 4.78. The second-order valence-electron chi connectivity index (χ2n) is 3.87. The minimum atomic E-state index is -0.666. The Morgan fingerprint density at radius 2 is 2.22 bits per heavy atom. The zero-order chi connectivity index (χ0) is 13.4. The average Bonchev–Trinajstić information content (AvgIpc) is 2.37. The normalized spacial score (nSPS) is 14.5. The van der Waals surface area contributed by atoms with Gasteiger partial charge in [-0.1, -0.05) is 13.3 Å². The van der Waals surface area contributed by atoms with Crippen LogP contribution < -0.4 is 10.7 Å². The maximum Gasteiger partial charge on any atom is 0.355 e. The summed E-state index contributed by atoms with van der Waals surface area (Å²) in [6.45, 7) is 2.26. The van der Waals surface area contributed by atoms with Crippen molar-refractivity contribution in [3.05, 3.63) is 0 Å². The Bertz CT molecular complexity index is 365. The number of rotatable bonds is 6. The molecule has 0 saturated heterocycles. The third kappa shape index (κ3) is 4.94. The number of amides is 2. The molecule has 0 aromatic carbocycles. The smallest absolute Gasteiger partial charge is 0.355 e. The van der Waals surface area contributed by atoms with Crippen molar-refractivity contribution in [2.24, 2.45) is 5.10 Å². The number of hydrogen-bond donors (Lipinski definition) is 2. The highest BCUT2D eigenvalue weighted by Crippen LogP contribution is 2.01. The van der Waals surface area contributed by atoms with Crippen LogP contribution in [-0.4, -0.2) is 36.6 Å². The highest BCUT2D eigenvalue weighted by atomic mass is 16.5. The Balaban J connectivity index is 2.24. The van der Waals surface area contributed by atoms with Crippen molar-refractivity contribution in [1.82, 2.24) is 10.7 Å². The molecule has 2 amide bonds. The van der Waals surface area contributed by atoms with Crippen LogP contribution in [0, 0.1) is 0 Å². The van der Waals surface area contributed by atoms with Gasteiger partial charge in [-0.25, -0.2) is 10.2 Å². The van der Waals surface area contributed by atoms with Crippen LogP contribution in [0.3, 0.4) is 0 Å². The number of hydrogen-bond acceptors (Lipinski definition) is 5. The molecule has 1 heterocycles. The lowest BCUT2D eigenvalue weighted by Crippen LogP contribution is -2.34. The van der Waals surface area contributed by atoms with Gasteiger partial charge in [-0.3, -0.25) is 9.59 Å². The van der Waals surface area contributed by atoms with E-state index in [2.05, 4.69) is 15.8 Å². The lowest BCUT2D eigenvalue weighted by Gasteiger charge is -2.11. The van der Waals surface area contributed by atoms with Gasteiger partial charge in [0.25, 0.3) is 5.91 Å². The SMILES string of the molecule is CCCCNC(=O)COC(=O)C1=NNC(=O)CC1. The number of carbonyl (C=O) groups is 3. The van der Waals surface area contributed by atoms with E-state index in [-0.39, 0.29) is 37.0 Å². The zero-order valence-corrected chi connectivity index (χ0v) is 10.3. The van der Waals surface area contributed by atoms with Crippen molar-refractivity contribution in [3.63, 3.8) is 0 Å². The molecule has 7 nitrogen and oxygen atoms in total. The van der Waals surface area contributed by atoms with Crippen LogP contribution in [0.15, 0.2) is 5.10 Å². The summed E-state index contributed by atoms with van der Waals surface area (Å²) in [6, 6.07) is 0. The number of carbonyl (C=O) groups excluding carboxylic acids is 3. The first-order chi connectivity index (χ1) is 8.63. The highest BCUT2D eigenvalue weighted by Gasteiger charge is 2.20. The minimum absolute atomic E-state index is 0.135. The Kier molecular flexibility index (Phi) is 5.83. The summed E-state index contributed by atoms with van der Waals surface area (Å²) in [5, 5.41) is 6.20. The van der Waals surface area contributed by atoms with E-state index in [0.717, 1.165) is 12.8 Å². The van der Waals surface area contributed by atoms with Crippen LogP contribution >= 0.6 is 0 Å². The fourth-order valence-electron chi connectivity index (χ4n) is 1.29. The largest absolute Gasteiger partial charge is 0.451 e. The summed E-state index contributed by atoms with van der Waals surface area (Å²) in [5.74, 6) is -1.23. The molecule has 0 fully saturated rings. The summed E-state index contributed by atoms with van der Waals surface area (Å²) in [6.07, 6.45) is 2.31. The quantitative estimate of drug-likeness (QED) is 0.503. The molecule has 1 aliphatic rings. The number of nitrogens with one attached hydrogen (secondary N) is 2. The van der Waals surface area contributed by atoms with Crippen LogP contribution in [0.4, 0.5) is 0 Å². The molecular weight excluding hydrogens is 238 g/mol. The average molecular weight is 255 g/mol. The molecule has 0 saturated carbocycles. The van der Waals surface area contributed by atoms with Gasteiger partial charge in [-0.15, -0.1) is 0 Å². The number of hydrazone groups is 1. The summed E-state index contributed by atoms with van der Waals surface area (Å²) in [4.78, 5) is 33.5. The Morgan fingerprint density at radius 1 is 1.44 bits per heavy atom. The van der Waals surface area contributed by atoms with E-state index in [1.165, 1.54) is 0 Å². The van der Waals surface area contributed by atoms with Crippen LogP contribution in [0.25, 0.3) is 0 Å². The molecule has 100 valence electrons. The molecule has 1 aliphatic heterocycles. The monoisotopic (exact) mass is 255 g/mol. The number of unbranched alkanes of at least 4 members (excludes halogenated alkanes) is 1. The van der Waals surface area contributed by atoms with Crippen molar-refractivity contribution in [1.29, 1.82) is 0 Å². The minimum Gasteiger partial charge on any atom is -0.451 e. The fourth-order valence-corrected chi connectivity index (χ4v) is 1.29. The van der Waals surface area contributed by atoms with Gasteiger partial charge in [0.15, 0.2) is 6.61 Å². The molecule has 18 heavy (non-hydrogen) atoms. The molecule has 0 aromatic rings. The van der Waals surface area contributed by atoms with E-state index in [1.807, 2.05) is 6.92 Å². The van der Waals surface area contributed by atoms with Gasteiger partial charge in [0, 0.05) is 19.4 Å². The molecule has 0 aliphatic carbocycles. The highest BCUT2D eigenvalue weighted by molar-refractivity contribution is 6.37. The van der Waals surface area contributed by atoms with Crippen molar-refractivity contribution >= 4 is 23.5 Å². The van der Waals surface area contributed by atoms with Gasteiger partial charge in [0.2, 0.25) is 5.91 Å². The molecule has 0 radical (unpaired) electrons. The van der Waals surface area contributed by atoms with Crippen molar-refractivity contribution in [2.75, 3.05) is 13.2 Å². The number of nitrogens with zero attached hydrogens (tertiary/aromatic N) is 1. The Morgan fingerprint density at radius 3 is 2.83 bits per heavy atom. The predicted octanol–water partition coefficient (Wildman–Crippen LogP) is -0.288. The van der Waals surface area contributed by atoms with E-state index in [4.69, 9.17) is 4.74 Å². The van der Waals surface area contributed by atoms with Gasteiger partial charge >= 0.3 is 5.97 Å². The third-order valence-electron chi connectivity index (χ3n) is 2.33. The molecule has 0 unspecified atom stereocenters.